The van der Waals surface area contributed by atoms with E-state index < -0.39 is 5.82 Å². The van der Waals surface area contributed by atoms with Gasteiger partial charge in [-0.05, 0) is 36.4 Å². The molecular formula is C20H13Cl2FN4O. The van der Waals surface area contributed by atoms with E-state index in [-0.39, 0.29) is 5.02 Å². The van der Waals surface area contributed by atoms with Gasteiger partial charge in [-0.15, -0.1) is 0 Å². The molecule has 2 aromatic carbocycles. The van der Waals surface area contributed by atoms with Crippen molar-refractivity contribution in [3.8, 4) is 11.5 Å². The van der Waals surface area contributed by atoms with Gasteiger partial charge in [0, 0.05) is 29.4 Å². The number of halogens is 3. The number of rotatable bonds is 5. The van der Waals surface area contributed by atoms with Crippen LogP contribution in [-0.4, -0.2) is 15.0 Å². The quantitative estimate of drug-likeness (QED) is 0.442. The van der Waals surface area contributed by atoms with E-state index in [0.29, 0.717) is 34.5 Å². The van der Waals surface area contributed by atoms with Crippen molar-refractivity contribution in [2.24, 2.45) is 0 Å². The van der Waals surface area contributed by atoms with Crippen LogP contribution in [-0.2, 0) is 6.54 Å². The Kier molecular flexibility index (Phi) is 5.23. The number of nitrogens with zero attached hydrogens (tertiary/aromatic N) is 3. The Morgan fingerprint density at radius 1 is 1.00 bits per heavy atom. The lowest BCUT2D eigenvalue weighted by Gasteiger charge is -2.14. The third kappa shape index (κ3) is 3.98. The molecule has 0 fully saturated rings. The Morgan fingerprint density at radius 3 is 2.75 bits per heavy atom. The maximum atomic E-state index is 13.4. The molecule has 0 aliphatic heterocycles. The van der Waals surface area contributed by atoms with Gasteiger partial charge in [0.2, 0.25) is 0 Å². The minimum absolute atomic E-state index is 0.0147. The molecule has 28 heavy (non-hydrogen) atoms. The van der Waals surface area contributed by atoms with Crippen LogP contribution in [0, 0.1) is 5.82 Å². The summed E-state index contributed by atoms with van der Waals surface area (Å²) in [5.41, 5.74) is 1.44. The molecule has 2 heterocycles. The van der Waals surface area contributed by atoms with E-state index in [4.69, 9.17) is 27.9 Å². The highest BCUT2D eigenvalue weighted by Gasteiger charge is 2.10. The molecule has 0 spiro atoms. The molecule has 0 bridgehead atoms. The van der Waals surface area contributed by atoms with E-state index in [1.165, 1.54) is 24.5 Å². The topological polar surface area (TPSA) is 59.9 Å². The Hall–Kier alpha value is -2.96. The number of pyridine rings is 1. The maximum absolute atomic E-state index is 13.4. The summed E-state index contributed by atoms with van der Waals surface area (Å²) < 4.78 is 19.3. The first-order valence-electron chi connectivity index (χ1n) is 8.31. The maximum Gasteiger partial charge on any atom is 0.164 e. The molecule has 0 unspecified atom stereocenters. The number of aromatic nitrogens is 3. The molecule has 0 atom stereocenters. The van der Waals surface area contributed by atoms with Gasteiger partial charge in [-0.3, -0.25) is 0 Å². The number of hydrogen-bond acceptors (Lipinski definition) is 5. The van der Waals surface area contributed by atoms with Crippen molar-refractivity contribution in [1.29, 1.82) is 0 Å². The molecule has 1 N–H and O–H groups in total. The highest BCUT2D eigenvalue weighted by atomic mass is 35.5. The fourth-order valence-corrected chi connectivity index (χ4v) is 2.98. The van der Waals surface area contributed by atoms with Crippen LogP contribution in [0.3, 0.4) is 0 Å². The van der Waals surface area contributed by atoms with Crippen LogP contribution < -0.4 is 10.1 Å². The van der Waals surface area contributed by atoms with Gasteiger partial charge in [0.05, 0.1) is 10.4 Å². The average Bonchev–Trinajstić information content (AvgIpc) is 2.70. The summed E-state index contributed by atoms with van der Waals surface area (Å²) in [5, 5.41) is 4.58. The van der Waals surface area contributed by atoms with Crippen LogP contribution in [0.4, 0.5) is 10.2 Å². The summed E-state index contributed by atoms with van der Waals surface area (Å²) in [6.07, 6.45) is 3.13. The van der Waals surface area contributed by atoms with Gasteiger partial charge in [-0.25, -0.2) is 19.3 Å². The van der Waals surface area contributed by atoms with E-state index >= 15 is 0 Å². The first-order valence-corrected chi connectivity index (χ1v) is 9.07. The Bertz CT molecular complexity index is 1150. The van der Waals surface area contributed by atoms with Crippen LogP contribution in [0.15, 0.2) is 61.1 Å². The standard InChI is InChI=1S/C20H13Cl2FN4O/c21-13-4-3-12(18(8-13)28-14-5-6-17(23)16(22)9-14)10-25-20-15-2-1-7-24-19(15)26-11-27-20/h1-9,11H,10H2,(H,24,25,26,27). The van der Waals surface area contributed by atoms with Gasteiger partial charge in [0.1, 0.15) is 29.5 Å². The number of benzene rings is 2. The monoisotopic (exact) mass is 414 g/mol. The molecule has 8 heteroatoms. The van der Waals surface area contributed by atoms with E-state index in [9.17, 15) is 4.39 Å². The highest BCUT2D eigenvalue weighted by Crippen LogP contribution is 2.31. The largest absolute Gasteiger partial charge is 0.457 e. The normalized spacial score (nSPS) is 10.8. The molecule has 5 nitrogen and oxygen atoms in total. The molecule has 0 saturated heterocycles. The summed E-state index contributed by atoms with van der Waals surface area (Å²) >= 11 is 12.0. The zero-order valence-corrected chi connectivity index (χ0v) is 15.9. The van der Waals surface area contributed by atoms with Gasteiger partial charge in [-0.1, -0.05) is 29.3 Å². The van der Waals surface area contributed by atoms with Crippen LogP contribution in [0.1, 0.15) is 5.56 Å². The van der Waals surface area contributed by atoms with Gasteiger partial charge >= 0.3 is 0 Å². The van der Waals surface area contributed by atoms with Crippen LogP contribution in [0.25, 0.3) is 11.0 Å². The van der Waals surface area contributed by atoms with Crippen LogP contribution >= 0.6 is 23.2 Å². The van der Waals surface area contributed by atoms with Crippen molar-refractivity contribution in [3.63, 3.8) is 0 Å². The molecule has 0 saturated carbocycles. The SMILES string of the molecule is Fc1ccc(Oc2cc(Cl)ccc2CNc2ncnc3ncccc23)cc1Cl. The molecule has 0 amide bonds. The summed E-state index contributed by atoms with van der Waals surface area (Å²) in [4.78, 5) is 12.7. The van der Waals surface area contributed by atoms with Crippen LogP contribution in [0.5, 0.6) is 11.5 Å². The van der Waals surface area contributed by atoms with Gasteiger partial charge < -0.3 is 10.1 Å². The van der Waals surface area contributed by atoms with Crippen molar-refractivity contribution in [1.82, 2.24) is 15.0 Å². The van der Waals surface area contributed by atoms with E-state index in [2.05, 4.69) is 20.3 Å². The second-order valence-electron chi connectivity index (χ2n) is 5.88. The summed E-state index contributed by atoms with van der Waals surface area (Å²) in [6.45, 7) is 0.419. The Balaban J connectivity index is 1.60. The lowest BCUT2D eigenvalue weighted by molar-refractivity contribution is 0.475. The molecule has 0 aliphatic carbocycles. The highest BCUT2D eigenvalue weighted by molar-refractivity contribution is 6.31. The van der Waals surface area contributed by atoms with Crippen molar-refractivity contribution in [3.05, 3.63) is 82.5 Å². The number of fused-ring (bicyclic) bond motifs is 1. The van der Waals surface area contributed by atoms with Crippen molar-refractivity contribution in [2.75, 3.05) is 5.32 Å². The lowest BCUT2D eigenvalue weighted by Crippen LogP contribution is -2.04. The number of nitrogens with one attached hydrogen (secondary N) is 1. The molecule has 4 aromatic rings. The Morgan fingerprint density at radius 2 is 1.89 bits per heavy atom. The molecule has 4 rings (SSSR count). The summed E-state index contributed by atoms with van der Waals surface area (Å²) in [7, 11) is 0. The van der Waals surface area contributed by atoms with Crippen LogP contribution in [0.2, 0.25) is 10.0 Å². The van der Waals surface area contributed by atoms with Crippen molar-refractivity contribution < 1.29 is 9.13 Å². The third-order valence-corrected chi connectivity index (χ3v) is 4.53. The van der Waals surface area contributed by atoms with Gasteiger partial charge in [0.25, 0.3) is 0 Å². The second kappa shape index (κ2) is 7.96. The summed E-state index contributed by atoms with van der Waals surface area (Å²) in [6, 6.07) is 13.2. The van der Waals surface area contributed by atoms with Crippen molar-refractivity contribution >= 4 is 40.1 Å². The molecule has 0 aliphatic rings. The van der Waals surface area contributed by atoms with Crippen molar-refractivity contribution in [2.45, 2.75) is 6.54 Å². The number of hydrogen-bond donors (Lipinski definition) is 1. The molecular weight excluding hydrogens is 402 g/mol. The van der Waals surface area contributed by atoms with E-state index in [1.54, 1.807) is 18.3 Å². The predicted octanol–water partition coefficient (Wildman–Crippen LogP) is 5.88. The first-order chi connectivity index (χ1) is 13.6. The minimum Gasteiger partial charge on any atom is -0.457 e. The Labute approximate surface area is 170 Å². The predicted molar refractivity (Wildman–Crippen MR) is 108 cm³/mol. The second-order valence-corrected chi connectivity index (χ2v) is 6.72. The third-order valence-electron chi connectivity index (χ3n) is 4.00. The van der Waals surface area contributed by atoms with Gasteiger partial charge in [-0.2, -0.15) is 0 Å². The number of anilines is 1. The lowest BCUT2D eigenvalue weighted by atomic mass is 10.2. The molecule has 140 valence electrons. The molecule has 0 radical (unpaired) electrons. The van der Waals surface area contributed by atoms with Gasteiger partial charge in [0.15, 0.2) is 5.65 Å². The van der Waals surface area contributed by atoms with E-state index in [0.717, 1.165) is 10.9 Å². The zero-order chi connectivity index (χ0) is 19.5. The fraction of sp³-hybridized carbons (Fsp3) is 0.0500. The zero-order valence-electron chi connectivity index (χ0n) is 14.4. The minimum atomic E-state index is -0.508. The smallest absolute Gasteiger partial charge is 0.164 e. The first kappa shape index (κ1) is 18.4. The van der Waals surface area contributed by atoms with E-state index in [1.807, 2.05) is 18.2 Å². The molecule has 2 aromatic heterocycles. The summed E-state index contributed by atoms with van der Waals surface area (Å²) in [5.74, 6) is 1.08. The number of ether oxygens (including phenoxy) is 1. The average molecular weight is 415 g/mol. The fourth-order valence-electron chi connectivity index (χ4n) is 2.65.